The van der Waals surface area contributed by atoms with E-state index in [-0.39, 0.29) is 6.04 Å². The maximum Gasteiger partial charge on any atom is 0.320 e. The first kappa shape index (κ1) is 21.8. The second kappa shape index (κ2) is 12.3. The van der Waals surface area contributed by atoms with Gasteiger partial charge in [0.15, 0.2) is 0 Å². The highest BCUT2D eigenvalue weighted by Crippen LogP contribution is 2.22. The number of aliphatic carboxylic acids is 2. The molecule has 0 aromatic heterocycles. The number of likely N-dealkylation sites (N-methyl/N-ethyl adjacent to an activating group) is 2. The summed E-state index contributed by atoms with van der Waals surface area (Å²) >= 11 is 0. The Morgan fingerprint density at radius 3 is 2.17 bits per heavy atom. The van der Waals surface area contributed by atoms with Crippen LogP contribution in [0.25, 0.3) is 0 Å². The Morgan fingerprint density at radius 1 is 1.22 bits per heavy atom. The van der Waals surface area contributed by atoms with Crippen LogP contribution in [-0.2, 0) is 9.59 Å². The van der Waals surface area contributed by atoms with Crippen molar-refractivity contribution in [2.75, 3.05) is 20.6 Å². The zero-order valence-electron chi connectivity index (χ0n) is 14.6. The molecule has 7 heteroatoms. The lowest BCUT2D eigenvalue weighted by atomic mass is 9.94. The average molecular weight is 331 g/mol. The van der Waals surface area contributed by atoms with Crippen LogP contribution in [0.2, 0.25) is 0 Å². The number of rotatable bonds is 8. The van der Waals surface area contributed by atoms with Gasteiger partial charge in [-0.2, -0.15) is 0 Å². The van der Waals surface area contributed by atoms with Gasteiger partial charge in [0.05, 0.1) is 0 Å². The number of nitrogens with zero attached hydrogens (tertiary/aromatic N) is 1. The molecule has 0 saturated heterocycles. The van der Waals surface area contributed by atoms with Gasteiger partial charge in [0.2, 0.25) is 0 Å². The number of nitrogens with two attached hydrogens (primary N) is 1. The minimum absolute atomic E-state index is 0.344. The molecule has 136 valence electrons. The van der Waals surface area contributed by atoms with Gasteiger partial charge in [-0.25, -0.2) is 0 Å². The van der Waals surface area contributed by atoms with Crippen molar-refractivity contribution < 1.29 is 19.8 Å². The Bertz CT molecular complexity index is 346. The molecule has 0 bridgehead atoms. The summed E-state index contributed by atoms with van der Waals surface area (Å²) in [6.07, 6.45) is 7.48. The van der Waals surface area contributed by atoms with Crippen LogP contribution >= 0.6 is 0 Å². The summed E-state index contributed by atoms with van der Waals surface area (Å²) in [7, 11) is 3.56. The van der Waals surface area contributed by atoms with Crippen LogP contribution in [0.15, 0.2) is 0 Å². The van der Waals surface area contributed by atoms with Crippen LogP contribution < -0.4 is 11.1 Å². The summed E-state index contributed by atoms with van der Waals surface area (Å²) in [6.45, 7) is 2.31. The third-order valence-corrected chi connectivity index (χ3v) is 4.46. The molecule has 0 amide bonds. The summed E-state index contributed by atoms with van der Waals surface area (Å²) in [5.74, 6) is -1.52. The van der Waals surface area contributed by atoms with Gasteiger partial charge in [0, 0.05) is 6.04 Å². The molecule has 0 radical (unpaired) electrons. The van der Waals surface area contributed by atoms with E-state index in [2.05, 4.69) is 5.32 Å². The standard InChI is InChI=1S/C10H19NO2.C6H14N2O2/c1-8(10(12)13)11(2)9-6-4-3-5-7-9;1-8-5(6(9)10)3-2-4-7/h8-9H,3-7H2,1-2H3,(H,12,13);5,8H,2-4,7H2,1H3,(H,9,10)/t;5-/m.1/s1. The van der Waals surface area contributed by atoms with Gasteiger partial charge in [-0.15, -0.1) is 0 Å². The van der Waals surface area contributed by atoms with Crippen molar-refractivity contribution in [1.29, 1.82) is 0 Å². The molecule has 7 nitrogen and oxygen atoms in total. The van der Waals surface area contributed by atoms with Gasteiger partial charge in [-0.05, 0) is 53.2 Å². The van der Waals surface area contributed by atoms with E-state index in [0.717, 1.165) is 19.3 Å². The van der Waals surface area contributed by atoms with Gasteiger partial charge < -0.3 is 21.3 Å². The normalized spacial score (nSPS) is 18.0. The molecule has 2 atom stereocenters. The largest absolute Gasteiger partial charge is 0.480 e. The molecule has 1 aliphatic rings. The maximum atomic E-state index is 10.7. The van der Waals surface area contributed by atoms with Crippen LogP contribution in [0.3, 0.4) is 0 Å². The van der Waals surface area contributed by atoms with E-state index in [0.29, 0.717) is 19.0 Å². The van der Waals surface area contributed by atoms with E-state index in [9.17, 15) is 9.59 Å². The van der Waals surface area contributed by atoms with Crippen molar-refractivity contribution in [1.82, 2.24) is 10.2 Å². The zero-order valence-corrected chi connectivity index (χ0v) is 14.6. The lowest BCUT2D eigenvalue weighted by molar-refractivity contribution is -0.143. The fourth-order valence-electron chi connectivity index (χ4n) is 2.69. The molecule has 0 aromatic carbocycles. The topological polar surface area (TPSA) is 116 Å². The van der Waals surface area contributed by atoms with Gasteiger partial charge >= 0.3 is 11.9 Å². The molecule has 0 heterocycles. The Labute approximate surface area is 139 Å². The number of hydrogen-bond acceptors (Lipinski definition) is 5. The molecule has 0 spiro atoms. The number of carboxylic acid groups (broad SMARTS) is 2. The Kier molecular flexibility index (Phi) is 11.6. The Morgan fingerprint density at radius 2 is 1.78 bits per heavy atom. The van der Waals surface area contributed by atoms with Gasteiger partial charge in [0.1, 0.15) is 12.1 Å². The molecule has 0 aromatic rings. The van der Waals surface area contributed by atoms with Crippen molar-refractivity contribution >= 4 is 11.9 Å². The van der Waals surface area contributed by atoms with E-state index in [4.69, 9.17) is 15.9 Å². The molecule has 5 N–H and O–H groups in total. The molecule has 23 heavy (non-hydrogen) atoms. The predicted molar refractivity (Wildman–Crippen MR) is 90.5 cm³/mol. The van der Waals surface area contributed by atoms with Crippen LogP contribution in [-0.4, -0.2) is 65.8 Å². The third kappa shape index (κ3) is 8.88. The van der Waals surface area contributed by atoms with Crippen LogP contribution in [0, 0.1) is 0 Å². The highest BCUT2D eigenvalue weighted by atomic mass is 16.4. The van der Waals surface area contributed by atoms with E-state index < -0.39 is 18.0 Å². The van der Waals surface area contributed by atoms with E-state index in [1.54, 1.807) is 14.0 Å². The highest BCUT2D eigenvalue weighted by molar-refractivity contribution is 5.73. The summed E-state index contributed by atoms with van der Waals surface area (Å²) < 4.78 is 0. The van der Waals surface area contributed by atoms with Crippen molar-refractivity contribution in [2.45, 2.75) is 70.0 Å². The monoisotopic (exact) mass is 331 g/mol. The van der Waals surface area contributed by atoms with Crippen molar-refractivity contribution in [2.24, 2.45) is 5.73 Å². The first-order valence-corrected chi connectivity index (χ1v) is 8.40. The fraction of sp³-hybridized carbons (Fsp3) is 0.875. The first-order valence-electron chi connectivity index (χ1n) is 8.40. The van der Waals surface area contributed by atoms with Crippen molar-refractivity contribution in [3.05, 3.63) is 0 Å². The van der Waals surface area contributed by atoms with Crippen molar-refractivity contribution in [3.63, 3.8) is 0 Å². The maximum absolute atomic E-state index is 10.7. The quantitative estimate of drug-likeness (QED) is 0.527. The number of carbonyl (C=O) groups is 2. The molecule has 1 aliphatic carbocycles. The molecular formula is C16H33N3O4. The summed E-state index contributed by atoms with van der Waals surface area (Å²) in [6, 6.07) is -0.300. The van der Waals surface area contributed by atoms with E-state index >= 15 is 0 Å². The van der Waals surface area contributed by atoms with E-state index in [1.165, 1.54) is 19.3 Å². The number of hydrogen-bond donors (Lipinski definition) is 4. The second-order valence-electron chi connectivity index (χ2n) is 6.08. The van der Waals surface area contributed by atoms with Gasteiger partial charge in [-0.1, -0.05) is 19.3 Å². The van der Waals surface area contributed by atoms with Crippen molar-refractivity contribution in [3.8, 4) is 0 Å². The Balaban J connectivity index is 0.000000438. The lowest BCUT2D eigenvalue weighted by Gasteiger charge is -2.33. The van der Waals surface area contributed by atoms with Crippen LogP contribution in [0.1, 0.15) is 51.9 Å². The van der Waals surface area contributed by atoms with E-state index in [1.807, 2.05) is 11.9 Å². The zero-order chi connectivity index (χ0) is 17.8. The van der Waals surface area contributed by atoms with Gasteiger partial charge in [0.25, 0.3) is 0 Å². The molecule has 1 fully saturated rings. The minimum Gasteiger partial charge on any atom is -0.480 e. The van der Waals surface area contributed by atoms with Crippen LogP contribution in [0.4, 0.5) is 0 Å². The molecule has 1 unspecified atom stereocenters. The third-order valence-electron chi connectivity index (χ3n) is 4.46. The SMILES string of the molecule is CC(C(=O)O)N(C)C1CCCCC1.CN[C@H](CCCN)C(=O)O. The second-order valence-corrected chi connectivity index (χ2v) is 6.08. The summed E-state index contributed by atoms with van der Waals surface area (Å²) in [5.41, 5.74) is 5.21. The highest BCUT2D eigenvalue weighted by Gasteiger charge is 2.25. The molecular weight excluding hydrogens is 298 g/mol. The minimum atomic E-state index is -0.809. The lowest BCUT2D eigenvalue weighted by Crippen LogP contribution is -2.43. The number of carboxylic acids is 2. The first-order chi connectivity index (χ1) is 10.8. The summed E-state index contributed by atoms with van der Waals surface area (Å²) in [4.78, 5) is 23.1. The summed E-state index contributed by atoms with van der Waals surface area (Å²) in [5, 5.41) is 20.0. The molecule has 0 aliphatic heterocycles. The predicted octanol–water partition coefficient (Wildman–Crippen LogP) is 1.12. The smallest absolute Gasteiger partial charge is 0.320 e. The average Bonchev–Trinajstić information content (AvgIpc) is 2.55. The number of nitrogens with one attached hydrogen (secondary N) is 1. The fourth-order valence-corrected chi connectivity index (χ4v) is 2.69. The van der Waals surface area contributed by atoms with Gasteiger partial charge in [-0.3, -0.25) is 14.5 Å². The molecule has 1 saturated carbocycles. The molecule has 1 rings (SSSR count). The van der Waals surface area contributed by atoms with Crippen LogP contribution in [0.5, 0.6) is 0 Å². The Hall–Kier alpha value is -1.18.